The number of aryl methyl sites for hydroxylation is 2. The van der Waals surface area contributed by atoms with Gasteiger partial charge in [0.15, 0.2) is 11.5 Å². The summed E-state index contributed by atoms with van der Waals surface area (Å²) in [6.07, 6.45) is 1.48. The van der Waals surface area contributed by atoms with Crippen molar-refractivity contribution >= 4 is 11.0 Å². The maximum atomic E-state index is 13.0. The monoisotopic (exact) mass is 388 g/mol. The molecule has 2 heterocycles. The maximum Gasteiger partial charge on any atom is 0.332 e. The Morgan fingerprint density at radius 1 is 1.07 bits per heavy atom. The summed E-state index contributed by atoms with van der Waals surface area (Å²) in [5.41, 5.74) is 2.22. The number of methoxy groups -OCH3 is 1. The van der Waals surface area contributed by atoms with Gasteiger partial charge in [0.05, 0.1) is 13.7 Å². The molecule has 146 valence electrons. The molecule has 7 heteroatoms. The number of rotatable bonds is 4. The maximum absolute atomic E-state index is 13.0. The van der Waals surface area contributed by atoms with Crippen LogP contribution >= 0.6 is 0 Å². The minimum atomic E-state index is -0.414. The second kappa shape index (κ2) is 7.35. The zero-order valence-corrected chi connectivity index (χ0v) is 16.4. The van der Waals surface area contributed by atoms with E-state index < -0.39 is 11.2 Å². The molecular weight excluding hydrogens is 368 g/mol. The molecule has 0 amide bonds. The third-order valence-corrected chi connectivity index (χ3v) is 4.85. The van der Waals surface area contributed by atoms with Gasteiger partial charge in [-0.2, -0.15) is 0 Å². The first-order chi connectivity index (χ1) is 14.0. The molecule has 0 fully saturated rings. The van der Waals surface area contributed by atoms with Gasteiger partial charge in [0.25, 0.3) is 5.56 Å². The highest BCUT2D eigenvalue weighted by molar-refractivity contribution is 5.75. The molecular formula is C22H20N4O3. The van der Waals surface area contributed by atoms with Crippen LogP contribution in [0.25, 0.3) is 22.4 Å². The zero-order chi connectivity index (χ0) is 20.5. The molecule has 29 heavy (non-hydrogen) atoms. The molecule has 0 bridgehead atoms. The largest absolute Gasteiger partial charge is 0.497 e. The van der Waals surface area contributed by atoms with E-state index in [2.05, 4.69) is 9.97 Å². The SMILES string of the molecule is COc1ccc(-c2ncc3c(=O)n(Cc4cccc(C)c4)c(=O)n(C)c3n2)cc1. The number of fused-ring (bicyclic) bond motifs is 1. The summed E-state index contributed by atoms with van der Waals surface area (Å²) in [7, 11) is 3.21. The second-order valence-electron chi connectivity index (χ2n) is 6.88. The number of hydrogen-bond donors (Lipinski definition) is 0. The molecule has 0 spiro atoms. The minimum absolute atomic E-state index is 0.198. The van der Waals surface area contributed by atoms with Gasteiger partial charge >= 0.3 is 5.69 Å². The summed E-state index contributed by atoms with van der Waals surface area (Å²) in [5.74, 6) is 1.16. The number of nitrogens with zero attached hydrogens (tertiary/aromatic N) is 4. The van der Waals surface area contributed by atoms with E-state index in [0.29, 0.717) is 16.9 Å². The Kier molecular flexibility index (Phi) is 4.72. The quantitative estimate of drug-likeness (QED) is 0.537. The first-order valence-electron chi connectivity index (χ1n) is 9.14. The van der Waals surface area contributed by atoms with Crippen molar-refractivity contribution in [2.45, 2.75) is 13.5 Å². The Balaban J connectivity index is 1.83. The average Bonchev–Trinajstić information content (AvgIpc) is 2.75. The van der Waals surface area contributed by atoms with Crippen molar-refractivity contribution in [2.24, 2.45) is 7.05 Å². The summed E-state index contributed by atoms with van der Waals surface area (Å²) in [5, 5.41) is 0.303. The van der Waals surface area contributed by atoms with Gasteiger partial charge in [-0.25, -0.2) is 14.8 Å². The Labute approximate surface area is 166 Å². The van der Waals surface area contributed by atoms with Crippen LogP contribution in [0, 0.1) is 6.92 Å². The first-order valence-corrected chi connectivity index (χ1v) is 9.14. The summed E-state index contributed by atoms with van der Waals surface area (Å²) in [4.78, 5) is 34.7. The molecule has 0 N–H and O–H groups in total. The van der Waals surface area contributed by atoms with E-state index in [0.717, 1.165) is 22.4 Å². The standard InChI is InChI=1S/C22H20N4O3/c1-14-5-4-6-15(11-14)13-26-21(27)18-12-23-19(24-20(18)25(2)22(26)28)16-7-9-17(29-3)10-8-16/h4-12H,13H2,1-3H3. The molecule has 4 rings (SSSR count). The molecule has 2 aromatic heterocycles. The number of ether oxygens (including phenoxy) is 1. The van der Waals surface area contributed by atoms with Crippen LogP contribution in [0.2, 0.25) is 0 Å². The van der Waals surface area contributed by atoms with Crippen LogP contribution in [0.4, 0.5) is 0 Å². The van der Waals surface area contributed by atoms with E-state index in [1.165, 1.54) is 15.3 Å². The van der Waals surface area contributed by atoms with Crippen LogP contribution in [-0.2, 0) is 13.6 Å². The Hall–Kier alpha value is -3.74. The van der Waals surface area contributed by atoms with Gasteiger partial charge in [-0.15, -0.1) is 0 Å². The van der Waals surface area contributed by atoms with Crippen LogP contribution in [-0.4, -0.2) is 26.2 Å². The van der Waals surface area contributed by atoms with Crippen molar-refractivity contribution in [2.75, 3.05) is 7.11 Å². The van der Waals surface area contributed by atoms with Crippen molar-refractivity contribution in [1.82, 2.24) is 19.1 Å². The van der Waals surface area contributed by atoms with Gasteiger partial charge in [0, 0.05) is 18.8 Å². The van der Waals surface area contributed by atoms with Crippen molar-refractivity contribution in [3.63, 3.8) is 0 Å². The van der Waals surface area contributed by atoms with Gasteiger partial charge in [-0.1, -0.05) is 29.8 Å². The lowest BCUT2D eigenvalue weighted by atomic mass is 10.1. The van der Waals surface area contributed by atoms with Crippen LogP contribution < -0.4 is 16.0 Å². The molecule has 0 radical (unpaired) electrons. The van der Waals surface area contributed by atoms with Gasteiger partial charge in [0.1, 0.15) is 11.1 Å². The fourth-order valence-electron chi connectivity index (χ4n) is 3.29. The molecule has 7 nitrogen and oxygen atoms in total. The van der Waals surface area contributed by atoms with Crippen LogP contribution in [0.5, 0.6) is 5.75 Å². The fourth-order valence-corrected chi connectivity index (χ4v) is 3.29. The topological polar surface area (TPSA) is 79.0 Å². The predicted octanol–water partition coefficient (Wildman–Crippen LogP) is 2.52. The predicted molar refractivity (Wildman–Crippen MR) is 111 cm³/mol. The number of aromatic nitrogens is 4. The van der Waals surface area contributed by atoms with Gasteiger partial charge in [-0.05, 0) is 36.8 Å². The van der Waals surface area contributed by atoms with E-state index in [9.17, 15) is 9.59 Å². The second-order valence-corrected chi connectivity index (χ2v) is 6.88. The van der Waals surface area contributed by atoms with Crippen molar-refractivity contribution in [1.29, 1.82) is 0 Å². The first kappa shape index (κ1) is 18.6. The molecule has 2 aromatic carbocycles. The van der Waals surface area contributed by atoms with Gasteiger partial charge in [0.2, 0.25) is 0 Å². The lowest BCUT2D eigenvalue weighted by Gasteiger charge is -2.11. The van der Waals surface area contributed by atoms with Crippen molar-refractivity contribution in [3.05, 3.63) is 86.7 Å². The summed E-state index contributed by atoms with van der Waals surface area (Å²) in [6.45, 7) is 2.17. The van der Waals surface area contributed by atoms with E-state index in [4.69, 9.17) is 4.74 Å². The normalized spacial score (nSPS) is 11.0. The smallest absolute Gasteiger partial charge is 0.332 e. The molecule has 0 aliphatic carbocycles. The van der Waals surface area contributed by atoms with Crippen LogP contribution in [0.1, 0.15) is 11.1 Å². The molecule has 0 unspecified atom stereocenters. The van der Waals surface area contributed by atoms with E-state index in [1.807, 2.05) is 55.5 Å². The van der Waals surface area contributed by atoms with Gasteiger partial charge < -0.3 is 4.74 Å². The molecule has 0 aliphatic heterocycles. The lowest BCUT2D eigenvalue weighted by molar-refractivity contribution is 0.415. The molecule has 4 aromatic rings. The fraction of sp³-hybridized carbons (Fsp3) is 0.182. The van der Waals surface area contributed by atoms with Crippen LogP contribution in [0.15, 0.2) is 64.3 Å². The number of hydrogen-bond acceptors (Lipinski definition) is 5. The summed E-state index contributed by atoms with van der Waals surface area (Å²) >= 11 is 0. The Morgan fingerprint density at radius 3 is 2.52 bits per heavy atom. The highest BCUT2D eigenvalue weighted by atomic mass is 16.5. The average molecular weight is 388 g/mol. The Morgan fingerprint density at radius 2 is 1.83 bits per heavy atom. The Bertz CT molecular complexity index is 1320. The summed E-state index contributed by atoms with van der Waals surface area (Å²) in [6, 6.07) is 15.0. The van der Waals surface area contributed by atoms with Crippen molar-refractivity contribution < 1.29 is 4.74 Å². The third kappa shape index (κ3) is 3.42. The lowest BCUT2D eigenvalue weighted by Crippen LogP contribution is -2.39. The zero-order valence-electron chi connectivity index (χ0n) is 16.4. The molecule has 0 saturated heterocycles. The highest BCUT2D eigenvalue weighted by Crippen LogP contribution is 2.20. The summed E-state index contributed by atoms with van der Waals surface area (Å²) < 4.78 is 7.77. The van der Waals surface area contributed by atoms with Gasteiger partial charge in [-0.3, -0.25) is 13.9 Å². The molecule has 0 aliphatic rings. The highest BCUT2D eigenvalue weighted by Gasteiger charge is 2.14. The van der Waals surface area contributed by atoms with E-state index in [1.54, 1.807) is 14.2 Å². The minimum Gasteiger partial charge on any atom is -0.497 e. The number of benzene rings is 2. The van der Waals surface area contributed by atoms with Crippen LogP contribution in [0.3, 0.4) is 0 Å². The van der Waals surface area contributed by atoms with E-state index >= 15 is 0 Å². The molecule has 0 atom stereocenters. The molecule has 0 saturated carbocycles. The van der Waals surface area contributed by atoms with E-state index in [-0.39, 0.29) is 6.54 Å². The third-order valence-electron chi connectivity index (χ3n) is 4.85. The van der Waals surface area contributed by atoms with Crippen molar-refractivity contribution in [3.8, 4) is 17.1 Å².